The molecule has 0 saturated heterocycles. The predicted molar refractivity (Wildman–Crippen MR) is 154 cm³/mol. The number of ether oxygens (including phenoxy) is 3. The average Bonchev–Trinajstić information content (AvgIpc) is 2.97. The molecule has 0 fully saturated rings. The molecule has 3 aromatic carbocycles. The molecule has 40 heavy (non-hydrogen) atoms. The molecular weight excluding hydrogens is 502 g/mol. The lowest BCUT2D eigenvalue weighted by molar-refractivity contribution is -0.139. The lowest BCUT2D eigenvalue weighted by Crippen LogP contribution is -2.36. The second kappa shape index (κ2) is 12.2. The number of methoxy groups -OCH3 is 1. The zero-order chi connectivity index (χ0) is 28.1. The van der Waals surface area contributed by atoms with Gasteiger partial charge in [0.1, 0.15) is 0 Å². The third kappa shape index (κ3) is 5.67. The topological polar surface area (TPSA) is 73.9 Å². The van der Waals surface area contributed by atoms with E-state index in [1.54, 1.807) is 7.11 Å². The van der Waals surface area contributed by atoms with Gasteiger partial charge in [-0.3, -0.25) is 4.79 Å². The molecule has 6 heteroatoms. The Morgan fingerprint density at radius 1 is 0.925 bits per heavy atom. The number of hydrogen-bond donors (Lipinski definition) is 1. The van der Waals surface area contributed by atoms with E-state index in [1.165, 1.54) is 0 Å². The second-order valence-electron chi connectivity index (χ2n) is 10.1. The molecule has 1 heterocycles. The van der Waals surface area contributed by atoms with Crippen molar-refractivity contribution in [2.45, 2.75) is 44.9 Å². The number of esters is 1. The number of carbonyl (C=O) groups is 2. The molecule has 0 unspecified atom stereocenters. The summed E-state index contributed by atoms with van der Waals surface area (Å²) in [4.78, 5) is 27.5. The number of benzene rings is 3. The van der Waals surface area contributed by atoms with E-state index in [2.05, 4.69) is 17.4 Å². The van der Waals surface area contributed by atoms with Gasteiger partial charge in [0.15, 0.2) is 17.3 Å². The predicted octanol–water partition coefficient (Wildman–Crippen LogP) is 6.24. The fourth-order valence-electron chi connectivity index (χ4n) is 5.73. The maximum atomic E-state index is 13.9. The molecule has 0 bridgehead atoms. The van der Waals surface area contributed by atoms with E-state index in [0.29, 0.717) is 54.2 Å². The van der Waals surface area contributed by atoms with Gasteiger partial charge in [0, 0.05) is 35.7 Å². The third-order valence-corrected chi connectivity index (χ3v) is 7.61. The summed E-state index contributed by atoms with van der Waals surface area (Å²) in [5.74, 6) is 0.270. The Bertz CT molecular complexity index is 1440. The Kier molecular flexibility index (Phi) is 8.34. The van der Waals surface area contributed by atoms with E-state index in [-0.39, 0.29) is 18.3 Å². The van der Waals surface area contributed by atoms with E-state index in [4.69, 9.17) is 14.2 Å². The Morgan fingerprint density at radius 2 is 1.65 bits per heavy atom. The fraction of sp³-hybridized carbons (Fsp3) is 0.294. The van der Waals surface area contributed by atoms with Gasteiger partial charge in [-0.25, -0.2) is 4.79 Å². The molecule has 1 N–H and O–H groups in total. The van der Waals surface area contributed by atoms with Crippen LogP contribution in [0.3, 0.4) is 0 Å². The summed E-state index contributed by atoms with van der Waals surface area (Å²) in [7, 11) is 1.59. The van der Waals surface area contributed by atoms with Crippen molar-refractivity contribution in [2.75, 3.05) is 20.3 Å². The quantitative estimate of drug-likeness (QED) is 0.326. The first-order valence-corrected chi connectivity index (χ1v) is 13.8. The molecule has 0 aromatic heterocycles. The van der Waals surface area contributed by atoms with Crippen LogP contribution in [-0.4, -0.2) is 32.1 Å². The zero-order valence-electron chi connectivity index (χ0n) is 23.2. The summed E-state index contributed by atoms with van der Waals surface area (Å²) < 4.78 is 17.2. The molecule has 1 aliphatic heterocycles. The van der Waals surface area contributed by atoms with E-state index >= 15 is 0 Å². The van der Waals surface area contributed by atoms with Crippen molar-refractivity contribution in [1.29, 1.82) is 0 Å². The van der Waals surface area contributed by atoms with Crippen LogP contribution in [0, 0.1) is 0 Å². The highest BCUT2D eigenvalue weighted by molar-refractivity contribution is 6.04. The maximum Gasteiger partial charge on any atom is 0.336 e. The first-order chi connectivity index (χ1) is 19.5. The molecule has 6 nitrogen and oxygen atoms in total. The van der Waals surface area contributed by atoms with Gasteiger partial charge in [0.25, 0.3) is 0 Å². The van der Waals surface area contributed by atoms with Crippen LogP contribution in [0.15, 0.2) is 101 Å². The average molecular weight is 538 g/mol. The van der Waals surface area contributed by atoms with E-state index < -0.39 is 11.9 Å². The molecule has 0 radical (unpaired) electrons. The third-order valence-electron chi connectivity index (χ3n) is 7.61. The molecular formula is C34H35NO5. The van der Waals surface area contributed by atoms with Crippen molar-refractivity contribution in [3.05, 3.63) is 118 Å². The number of carbonyl (C=O) groups excluding carboxylic acids is 2. The van der Waals surface area contributed by atoms with Crippen LogP contribution >= 0.6 is 0 Å². The fourth-order valence-corrected chi connectivity index (χ4v) is 5.73. The Labute approximate surface area is 235 Å². The molecule has 5 rings (SSSR count). The van der Waals surface area contributed by atoms with Gasteiger partial charge < -0.3 is 19.5 Å². The minimum atomic E-state index is -0.575. The van der Waals surface area contributed by atoms with E-state index in [1.807, 2.05) is 80.6 Å². The number of nitrogens with one attached hydrogen (secondary N) is 1. The van der Waals surface area contributed by atoms with Crippen molar-refractivity contribution < 1.29 is 23.8 Å². The van der Waals surface area contributed by atoms with Crippen LogP contribution in [0.2, 0.25) is 0 Å². The normalized spacial score (nSPS) is 18.6. The summed E-state index contributed by atoms with van der Waals surface area (Å²) in [6.07, 6.45) is 1.67. The largest absolute Gasteiger partial charge is 0.493 e. The van der Waals surface area contributed by atoms with Gasteiger partial charge in [-0.1, -0.05) is 66.7 Å². The summed E-state index contributed by atoms with van der Waals surface area (Å²) >= 11 is 0. The van der Waals surface area contributed by atoms with Gasteiger partial charge in [-0.15, -0.1) is 0 Å². The second-order valence-corrected chi connectivity index (χ2v) is 10.1. The number of rotatable bonds is 9. The summed E-state index contributed by atoms with van der Waals surface area (Å²) in [6, 6.07) is 25.7. The van der Waals surface area contributed by atoms with Crippen molar-refractivity contribution in [3.8, 4) is 11.5 Å². The number of hydrogen-bond acceptors (Lipinski definition) is 6. The number of dihydropyridines is 1. The molecule has 2 atom stereocenters. The monoisotopic (exact) mass is 537 g/mol. The van der Waals surface area contributed by atoms with E-state index in [9.17, 15) is 9.59 Å². The highest BCUT2D eigenvalue weighted by Crippen LogP contribution is 2.47. The van der Waals surface area contributed by atoms with Gasteiger partial charge in [0.05, 0.1) is 25.9 Å². The Hall–Kier alpha value is -4.32. The van der Waals surface area contributed by atoms with Gasteiger partial charge in [-0.2, -0.15) is 0 Å². The SMILES string of the molecule is CCOc1ccc([C@H]2C(C(=O)OCCc3ccccc3)=C(C)NC3=C2C(=O)C[C@@H](c2ccccc2)C3)cc1OC. The van der Waals surface area contributed by atoms with Crippen molar-refractivity contribution in [3.63, 3.8) is 0 Å². The summed E-state index contributed by atoms with van der Waals surface area (Å²) in [5, 5.41) is 3.43. The molecule has 1 aliphatic carbocycles. The van der Waals surface area contributed by atoms with Crippen LogP contribution in [0.4, 0.5) is 0 Å². The van der Waals surface area contributed by atoms with Crippen LogP contribution in [0.25, 0.3) is 0 Å². The van der Waals surface area contributed by atoms with E-state index in [0.717, 1.165) is 22.4 Å². The molecule has 0 spiro atoms. The standard InChI is InChI=1S/C34H35NO5/c1-4-39-29-16-15-25(21-30(29)38-3)32-31(34(37)40-18-17-23-11-7-5-8-12-23)22(2)35-27-19-26(20-28(36)33(27)32)24-13-9-6-10-14-24/h5-16,21,26,32,35H,4,17-20H2,1-3H3/t26-,32-/m0/s1. The lowest BCUT2D eigenvalue weighted by Gasteiger charge is -2.37. The number of allylic oxidation sites excluding steroid dienone is 3. The highest BCUT2D eigenvalue weighted by atomic mass is 16.5. The van der Waals surface area contributed by atoms with Crippen LogP contribution in [0.5, 0.6) is 11.5 Å². The van der Waals surface area contributed by atoms with Gasteiger partial charge >= 0.3 is 5.97 Å². The molecule has 206 valence electrons. The maximum absolute atomic E-state index is 13.9. The zero-order valence-corrected chi connectivity index (χ0v) is 23.2. The molecule has 3 aromatic rings. The van der Waals surface area contributed by atoms with Crippen molar-refractivity contribution in [1.82, 2.24) is 5.32 Å². The minimum absolute atomic E-state index is 0.0301. The van der Waals surface area contributed by atoms with Gasteiger partial charge in [0.2, 0.25) is 0 Å². The Morgan fingerprint density at radius 3 is 2.35 bits per heavy atom. The van der Waals surface area contributed by atoms with Crippen molar-refractivity contribution in [2.24, 2.45) is 0 Å². The number of ketones is 1. The molecule has 0 amide bonds. The number of Topliss-reactive ketones (excluding diaryl/α,β-unsaturated/α-hetero) is 1. The highest BCUT2D eigenvalue weighted by Gasteiger charge is 2.41. The Balaban J connectivity index is 1.51. The van der Waals surface area contributed by atoms with Crippen LogP contribution < -0.4 is 14.8 Å². The summed E-state index contributed by atoms with van der Waals surface area (Å²) in [5.41, 5.74) is 5.65. The van der Waals surface area contributed by atoms with Gasteiger partial charge in [-0.05, 0) is 55.0 Å². The smallest absolute Gasteiger partial charge is 0.336 e. The lowest BCUT2D eigenvalue weighted by atomic mass is 9.71. The van der Waals surface area contributed by atoms with Crippen LogP contribution in [-0.2, 0) is 20.7 Å². The molecule has 2 aliphatic rings. The first-order valence-electron chi connectivity index (χ1n) is 13.8. The minimum Gasteiger partial charge on any atom is -0.493 e. The van der Waals surface area contributed by atoms with Crippen molar-refractivity contribution >= 4 is 11.8 Å². The molecule has 0 saturated carbocycles. The summed E-state index contributed by atoms with van der Waals surface area (Å²) in [6.45, 7) is 4.54. The van der Waals surface area contributed by atoms with Crippen LogP contribution in [0.1, 0.15) is 55.2 Å². The first kappa shape index (κ1) is 27.3.